The molecule has 0 aliphatic heterocycles. The number of benzene rings is 1. The fourth-order valence-corrected chi connectivity index (χ4v) is 2.13. The van der Waals surface area contributed by atoms with E-state index in [1.54, 1.807) is 37.4 Å². The van der Waals surface area contributed by atoms with Crippen LogP contribution in [0.2, 0.25) is 0 Å². The van der Waals surface area contributed by atoms with Crippen LogP contribution in [0.5, 0.6) is 0 Å². The summed E-state index contributed by atoms with van der Waals surface area (Å²) in [4.78, 5) is 15.9. The van der Waals surface area contributed by atoms with Crippen LogP contribution >= 0.6 is 15.9 Å². The molecule has 1 aromatic carbocycles. The molecule has 0 aliphatic carbocycles. The number of carbonyl (C=O) groups excluding carboxylic acids is 1. The van der Waals surface area contributed by atoms with Crippen molar-refractivity contribution >= 4 is 27.7 Å². The minimum absolute atomic E-state index is 0.113. The molecular weight excluding hydrogens is 323 g/mol. The summed E-state index contributed by atoms with van der Waals surface area (Å²) in [7, 11) is 0. The molecule has 0 aliphatic rings. The van der Waals surface area contributed by atoms with E-state index < -0.39 is 0 Å². The lowest BCUT2D eigenvalue weighted by atomic mass is 10.1. The summed E-state index contributed by atoms with van der Waals surface area (Å²) in [6, 6.07) is 8.42. The largest absolute Gasteiger partial charge is 0.311 e. The van der Waals surface area contributed by atoms with E-state index in [1.165, 1.54) is 6.07 Å². The highest BCUT2D eigenvalue weighted by molar-refractivity contribution is 9.10. The minimum atomic E-state index is -0.225. The molecular formula is C15H14BrFN2O. The summed E-state index contributed by atoms with van der Waals surface area (Å²) in [6.07, 6.45) is 2.52. The summed E-state index contributed by atoms with van der Waals surface area (Å²) >= 11 is 3.32. The molecule has 3 nitrogen and oxygen atoms in total. The smallest absolute Gasteiger partial charge is 0.225 e. The van der Waals surface area contributed by atoms with Crippen molar-refractivity contribution in [2.45, 2.75) is 19.8 Å². The van der Waals surface area contributed by atoms with Crippen LogP contribution in [0.25, 0.3) is 0 Å². The lowest BCUT2D eigenvalue weighted by Gasteiger charge is -2.06. The van der Waals surface area contributed by atoms with Crippen LogP contribution in [-0.2, 0) is 11.2 Å². The molecule has 0 unspecified atom stereocenters. The molecule has 2 aromatic rings. The summed E-state index contributed by atoms with van der Waals surface area (Å²) in [5.41, 5.74) is 1.54. The zero-order valence-corrected chi connectivity index (χ0v) is 12.6. The van der Waals surface area contributed by atoms with E-state index in [0.717, 1.165) is 10.0 Å². The SMILES string of the molecule is Cc1cc(CCC(=O)Nc2cc(Br)ccn2)ccc1F. The number of rotatable bonds is 4. The molecule has 20 heavy (non-hydrogen) atoms. The van der Waals surface area contributed by atoms with Gasteiger partial charge in [0, 0.05) is 17.1 Å². The van der Waals surface area contributed by atoms with Crippen LogP contribution in [0, 0.1) is 12.7 Å². The Kier molecular flexibility index (Phi) is 4.84. The van der Waals surface area contributed by atoms with Gasteiger partial charge < -0.3 is 5.32 Å². The van der Waals surface area contributed by atoms with Crippen molar-refractivity contribution in [1.82, 2.24) is 4.98 Å². The Balaban J connectivity index is 1.90. The van der Waals surface area contributed by atoms with Crippen molar-refractivity contribution in [1.29, 1.82) is 0 Å². The second kappa shape index (κ2) is 6.61. The van der Waals surface area contributed by atoms with Crippen molar-refractivity contribution in [2.75, 3.05) is 5.32 Å². The highest BCUT2D eigenvalue weighted by atomic mass is 79.9. The highest BCUT2D eigenvalue weighted by Crippen LogP contribution is 2.14. The second-order valence-corrected chi connectivity index (χ2v) is 5.41. The highest BCUT2D eigenvalue weighted by Gasteiger charge is 2.05. The van der Waals surface area contributed by atoms with E-state index in [0.29, 0.717) is 24.2 Å². The summed E-state index contributed by atoms with van der Waals surface area (Å²) in [5.74, 6) is 0.175. The van der Waals surface area contributed by atoms with E-state index in [4.69, 9.17) is 0 Å². The molecule has 1 aromatic heterocycles. The predicted octanol–water partition coefficient (Wildman–Crippen LogP) is 3.86. The normalized spacial score (nSPS) is 10.3. The number of nitrogens with zero attached hydrogens (tertiary/aromatic N) is 1. The Morgan fingerprint density at radius 2 is 2.15 bits per heavy atom. The van der Waals surface area contributed by atoms with Gasteiger partial charge in [0.05, 0.1) is 0 Å². The summed E-state index contributed by atoms with van der Waals surface area (Å²) < 4.78 is 14.0. The molecule has 0 saturated carbocycles. The van der Waals surface area contributed by atoms with Crippen LogP contribution in [0.3, 0.4) is 0 Å². The molecule has 0 atom stereocenters. The van der Waals surface area contributed by atoms with Gasteiger partial charge in [0.1, 0.15) is 11.6 Å². The van der Waals surface area contributed by atoms with Crippen molar-refractivity contribution in [2.24, 2.45) is 0 Å². The van der Waals surface area contributed by atoms with E-state index in [2.05, 4.69) is 26.2 Å². The summed E-state index contributed by atoms with van der Waals surface area (Å²) in [6.45, 7) is 1.71. The number of nitrogens with one attached hydrogen (secondary N) is 1. The number of halogens is 2. The first-order chi connectivity index (χ1) is 9.54. The van der Waals surface area contributed by atoms with Gasteiger partial charge in [-0.2, -0.15) is 0 Å². The predicted molar refractivity (Wildman–Crippen MR) is 80.0 cm³/mol. The molecule has 1 amide bonds. The van der Waals surface area contributed by atoms with Gasteiger partial charge in [-0.05, 0) is 42.7 Å². The van der Waals surface area contributed by atoms with E-state index >= 15 is 0 Å². The first kappa shape index (κ1) is 14.7. The number of carbonyl (C=O) groups is 1. The maximum atomic E-state index is 13.1. The maximum absolute atomic E-state index is 13.1. The zero-order valence-electron chi connectivity index (χ0n) is 11.0. The second-order valence-electron chi connectivity index (χ2n) is 4.49. The molecule has 0 spiro atoms. The van der Waals surface area contributed by atoms with Gasteiger partial charge in [0.25, 0.3) is 0 Å². The number of amides is 1. The number of aromatic nitrogens is 1. The van der Waals surface area contributed by atoms with Gasteiger partial charge in [-0.15, -0.1) is 0 Å². The average Bonchev–Trinajstić information content (AvgIpc) is 2.40. The van der Waals surface area contributed by atoms with Crippen LogP contribution in [0.15, 0.2) is 41.0 Å². The molecule has 1 N–H and O–H groups in total. The zero-order chi connectivity index (χ0) is 14.5. The van der Waals surface area contributed by atoms with Gasteiger partial charge in [0.15, 0.2) is 0 Å². The number of aryl methyl sites for hydroxylation is 2. The number of hydrogen-bond acceptors (Lipinski definition) is 2. The van der Waals surface area contributed by atoms with E-state index in [1.807, 2.05) is 0 Å². The van der Waals surface area contributed by atoms with Gasteiger partial charge in [-0.1, -0.05) is 28.1 Å². The molecule has 0 fully saturated rings. The Labute approximate surface area is 125 Å². The molecule has 2 rings (SSSR count). The van der Waals surface area contributed by atoms with Crippen LogP contribution in [0.1, 0.15) is 17.5 Å². The summed E-state index contributed by atoms with van der Waals surface area (Å²) in [5, 5.41) is 2.72. The number of anilines is 1. The average molecular weight is 337 g/mol. The monoisotopic (exact) mass is 336 g/mol. The molecule has 0 radical (unpaired) electrons. The minimum Gasteiger partial charge on any atom is -0.311 e. The Morgan fingerprint density at radius 1 is 1.35 bits per heavy atom. The Hall–Kier alpha value is -1.75. The third-order valence-electron chi connectivity index (χ3n) is 2.85. The van der Waals surface area contributed by atoms with Crippen LogP contribution in [-0.4, -0.2) is 10.9 Å². The van der Waals surface area contributed by atoms with Gasteiger partial charge >= 0.3 is 0 Å². The lowest BCUT2D eigenvalue weighted by molar-refractivity contribution is -0.116. The first-order valence-corrected chi connectivity index (χ1v) is 7.00. The van der Waals surface area contributed by atoms with Crippen molar-refractivity contribution in [3.63, 3.8) is 0 Å². The maximum Gasteiger partial charge on any atom is 0.225 e. The molecule has 104 valence electrons. The first-order valence-electron chi connectivity index (χ1n) is 6.21. The van der Waals surface area contributed by atoms with E-state index in [9.17, 15) is 9.18 Å². The standard InChI is InChI=1S/C15H14BrFN2O/c1-10-8-11(2-4-13(10)17)3-5-15(20)19-14-9-12(16)6-7-18-14/h2,4,6-9H,3,5H2,1H3,(H,18,19,20). The number of hydrogen-bond donors (Lipinski definition) is 1. The van der Waals surface area contributed by atoms with Gasteiger partial charge in [0.2, 0.25) is 5.91 Å². The fraction of sp³-hybridized carbons (Fsp3) is 0.200. The molecule has 0 bridgehead atoms. The van der Waals surface area contributed by atoms with Crippen molar-refractivity contribution < 1.29 is 9.18 Å². The molecule has 5 heteroatoms. The fourth-order valence-electron chi connectivity index (χ4n) is 1.80. The molecule has 1 heterocycles. The van der Waals surface area contributed by atoms with E-state index in [-0.39, 0.29) is 11.7 Å². The topological polar surface area (TPSA) is 42.0 Å². The Morgan fingerprint density at radius 3 is 2.85 bits per heavy atom. The van der Waals surface area contributed by atoms with Crippen molar-refractivity contribution in [3.8, 4) is 0 Å². The lowest BCUT2D eigenvalue weighted by Crippen LogP contribution is -2.13. The Bertz CT molecular complexity index is 631. The quantitative estimate of drug-likeness (QED) is 0.920. The van der Waals surface area contributed by atoms with Crippen LogP contribution < -0.4 is 5.32 Å². The molecule has 0 saturated heterocycles. The van der Waals surface area contributed by atoms with Gasteiger partial charge in [-0.3, -0.25) is 4.79 Å². The third-order valence-corrected chi connectivity index (χ3v) is 3.35. The number of pyridine rings is 1. The van der Waals surface area contributed by atoms with Crippen LogP contribution in [0.4, 0.5) is 10.2 Å². The van der Waals surface area contributed by atoms with Crippen molar-refractivity contribution in [3.05, 3.63) is 57.9 Å². The third kappa shape index (κ3) is 4.13. The van der Waals surface area contributed by atoms with Gasteiger partial charge in [-0.25, -0.2) is 9.37 Å².